The number of anilines is 1. The maximum Gasteiger partial charge on any atom is 0.314 e. The molecule has 5 N–H and O–H groups in total. The lowest BCUT2D eigenvalue weighted by atomic mass is 10.1. The van der Waals surface area contributed by atoms with Crippen LogP contribution in [0.2, 0.25) is 0 Å². The third kappa shape index (κ3) is 18.2. The molecule has 4 amide bonds. The van der Waals surface area contributed by atoms with Gasteiger partial charge in [-0.3, -0.25) is 14.4 Å². The first kappa shape index (κ1) is 33.3. The number of amides is 4. The number of hydrogen-bond donors (Lipinski definition) is 5. The Bertz CT molecular complexity index is 962. The van der Waals surface area contributed by atoms with Crippen molar-refractivity contribution in [2.45, 2.75) is 58.8 Å². The SMILES string of the molecule is CN/C(C)=C\C(=O)Cc1ccc(NC(=O)CC(=O)NCCOCCCNC(=O)NCCCCCC(C)=O)cc1. The van der Waals surface area contributed by atoms with E-state index in [1.165, 1.54) is 0 Å². The van der Waals surface area contributed by atoms with E-state index >= 15 is 0 Å². The second-order valence-electron chi connectivity index (χ2n) is 9.15. The van der Waals surface area contributed by atoms with Crippen LogP contribution >= 0.6 is 0 Å². The van der Waals surface area contributed by atoms with Crippen molar-refractivity contribution in [1.29, 1.82) is 0 Å². The van der Waals surface area contributed by atoms with E-state index in [9.17, 15) is 24.0 Å². The number of ether oxygens (including phenoxy) is 1. The van der Waals surface area contributed by atoms with Crippen LogP contribution in [0.1, 0.15) is 57.9 Å². The van der Waals surface area contributed by atoms with Crippen molar-refractivity contribution in [2.24, 2.45) is 0 Å². The number of unbranched alkanes of at least 4 members (excludes halogenated alkanes) is 2. The minimum absolute atomic E-state index is 0.0241. The van der Waals surface area contributed by atoms with E-state index in [1.807, 2.05) is 6.92 Å². The average molecular weight is 546 g/mol. The molecule has 0 saturated carbocycles. The van der Waals surface area contributed by atoms with Gasteiger partial charge in [0.05, 0.1) is 6.61 Å². The molecule has 0 heterocycles. The lowest BCUT2D eigenvalue weighted by Gasteiger charge is -2.09. The third-order valence-corrected chi connectivity index (χ3v) is 5.52. The molecule has 11 nitrogen and oxygen atoms in total. The Balaban J connectivity index is 2.07. The van der Waals surface area contributed by atoms with E-state index in [4.69, 9.17) is 4.74 Å². The molecule has 0 unspecified atom stereocenters. The van der Waals surface area contributed by atoms with Crippen LogP contribution < -0.4 is 26.6 Å². The predicted octanol–water partition coefficient (Wildman–Crippen LogP) is 2.22. The minimum Gasteiger partial charge on any atom is -0.392 e. The smallest absolute Gasteiger partial charge is 0.314 e. The number of allylic oxidation sites excluding steroid dienone is 2. The zero-order valence-electron chi connectivity index (χ0n) is 23.3. The summed E-state index contributed by atoms with van der Waals surface area (Å²) in [7, 11) is 1.75. The van der Waals surface area contributed by atoms with Gasteiger partial charge in [0.1, 0.15) is 12.2 Å². The Labute approximate surface area is 230 Å². The summed E-state index contributed by atoms with van der Waals surface area (Å²) in [6, 6.07) is 6.67. The van der Waals surface area contributed by atoms with Crippen molar-refractivity contribution in [1.82, 2.24) is 21.3 Å². The van der Waals surface area contributed by atoms with Crippen molar-refractivity contribution in [3.8, 4) is 0 Å². The zero-order chi connectivity index (χ0) is 28.9. The molecular weight excluding hydrogens is 502 g/mol. The average Bonchev–Trinajstić information content (AvgIpc) is 2.88. The Morgan fingerprint density at radius 3 is 2.15 bits per heavy atom. The van der Waals surface area contributed by atoms with Gasteiger partial charge in [-0.05, 0) is 50.8 Å². The van der Waals surface area contributed by atoms with Gasteiger partial charge in [-0.1, -0.05) is 18.6 Å². The molecule has 0 saturated heterocycles. The first-order valence-electron chi connectivity index (χ1n) is 13.3. The van der Waals surface area contributed by atoms with Crippen LogP contribution in [0.5, 0.6) is 0 Å². The monoisotopic (exact) mass is 545 g/mol. The Hall–Kier alpha value is -3.73. The number of carbonyl (C=O) groups excluding carboxylic acids is 5. The summed E-state index contributed by atoms with van der Waals surface area (Å²) in [6.07, 6.45) is 5.29. The Morgan fingerprint density at radius 1 is 0.795 bits per heavy atom. The van der Waals surface area contributed by atoms with E-state index < -0.39 is 11.8 Å². The van der Waals surface area contributed by atoms with Gasteiger partial charge < -0.3 is 36.1 Å². The maximum atomic E-state index is 12.1. The second-order valence-corrected chi connectivity index (χ2v) is 9.15. The highest BCUT2D eigenvalue weighted by molar-refractivity contribution is 6.03. The number of ketones is 2. The fourth-order valence-electron chi connectivity index (χ4n) is 3.37. The molecule has 0 fully saturated rings. The number of Topliss-reactive ketones (excluding diaryl/α,β-unsaturated/α-hetero) is 1. The van der Waals surface area contributed by atoms with Crippen molar-refractivity contribution in [2.75, 3.05) is 45.2 Å². The summed E-state index contributed by atoms with van der Waals surface area (Å²) < 4.78 is 5.43. The molecular formula is C28H43N5O6. The van der Waals surface area contributed by atoms with Crippen LogP contribution in [0, 0.1) is 0 Å². The topological polar surface area (TPSA) is 155 Å². The molecule has 216 valence electrons. The molecule has 0 atom stereocenters. The third-order valence-electron chi connectivity index (χ3n) is 5.52. The Morgan fingerprint density at radius 2 is 1.49 bits per heavy atom. The normalized spacial score (nSPS) is 10.9. The number of benzene rings is 1. The summed E-state index contributed by atoms with van der Waals surface area (Å²) in [5, 5.41) is 13.7. The second kappa shape index (κ2) is 20.3. The van der Waals surface area contributed by atoms with Gasteiger partial charge >= 0.3 is 6.03 Å². The number of carbonyl (C=O) groups is 5. The van der Waals surface area contributed by atoms with Gasteiger partial charge in [0.25, 0.3) is 0 Å². The summed E-state index contributed by atoms with van der Waals surface area (Å²) in [6.45, 7) is 5.42. The van der Waals surface area contributed by atoms with Crippen LogP contribution in [0.3, 0.4) is 0 Å². The fraction of sp³-hybridized carbons (Fsp3) is 0.536. The molecule has 0 radical (unpaired) electrons. The van der Waals surface area contributed by atoms with Crippen LogP contribution in [0.4, 0.5) is 10.5 Å². The highest BCUT2D eigenvalue weighted by Gasteiger charge is 2.10. The van der Waals surface area contributed by atoms with Crippen LogP contribution in [-0.4, -0.2) is 69.3 Å². The molecule has 0 aromatic heterocycles. The summed E-state index contributed by atoms with van der Waals surface area (Å²) in [4.78, 5) is 58.6. The molecule has 0 spiro atoms. The highest BCUT2D eigenvalue weighted by Crippen LogP contribution is 2.11. The van der Waals surface area contributed by atoms with Gasteiger partial charge in [0.15, 0.2) is 5.78 Å². The number of urea groups is 1. The molecule has 0 aliphatic heterocycles. The number of rotatable bonds is 20. The number of nitrogens with one attached hydrogen (secondary N) is 5. The van der Waals surface area contributed by atoms with E-state index in [-0.39, 0.29) is 37.0 Å². The van der Waals surface area contributed by atoms with E-state index in [0.717, 1.165) is 30.5 Å². The van der Waals surface area contributed by atoms with Crippen LogP contribution in [0.15, 0.2) is 36.0 Å². The first-order valence-corrected chi connectivity index (χ1v) is 13.3. The lowest BCUT2D eigenvalue weighted by molar-refractivity contribution is -0.127. The van der Waals surface area contributed by atoms with E-state index in [2.05, 4.69) is 26.6 Å². The summed E-state index contributed by atoms with van der Waals surface area (Å²) >= 11 is 0. The van der Waals surface area contributed by atoms with Gasteiger partial charge in [-0.2, -0.15) is 0 Å². The van der Waals surface area contributed by atoms with Gasteiger partial charge in [-0.15, -0.1) is 0 Å². The zero-order valence-corrected chi connectivity index (χ0v) is 23.3. The summed E-state index contributed by atoms with van der Waals surface area (Å²) in [5.41, 5.74) is 2.15. The van der Waals surface area contributed by atoms with E-state index in [1.54, 1.807) is 44.3 Å². The molecule has 1 aromatic rings. The van der Waals surface area contributed by atoms with Gasteiger partial charge in [0, 0.05) is 63.6 Å². The molecule has 0 bridgehead atoms. The molecule has 0 aliphatic rings. The molecule has 11 heteroatoms. The van der Waals surface area contributed by atoms with Crippen molar-refractivity contribution in [3.63, 3.8) is 0 Å². The van der Waals surface area contributed by atoms with E-state index in [0.29, 0.717) is 44.8 Å². The largest absolute Gasteiger partial charge is 0.392 e. The first-order chi connectivity index (χ1) is 18.7. The van der Waals surface area contributed by atoms with Crippen LogP contribution in [0.25, 0.3) is 0 Å². The minimum atomic E-state index is -0.440. The van der Waals surface area contributed by atoms with Gasteiger partial charge in [0.2, 0.25) is 11.8 Å². The lowest BCUT2D eigenvalue weighted by Crippen LogP contribution is -2.36. The van der Waals surface area contributed by atoms with Crippen molar-refractivity contribution < 1.29 is 28.7 Å². The van der Waals surface area contributed by atoms with Crippen molar-refractivity contribution in [3.05, 3.63) is 41.6 Å². The summed E-state index contributed by atoms with van der Waals surface area (Å²) in [5.74, 6) is -0.689. The Kier molecular flexibility index (Phi) is 17.3. The quantitative estimate of drug-likeness (QED) is 0.0956. The van der Waals surface area contributed by atoms with Gasteiger partial charge in [-0.25, -0.2) is 4.79 Å². The molecule has 39 heavy (non-hydrogen) atoms. The molecule has 1 aromatic carbocycles. The van der Waals surface area contributed by atoms with Crippen molar-refractivity contribution >= 4 is 35.1 Å². The highest BCUT2D eigenvalue weighted by atomic mass is 16.5. The fourth-order valence-corrected chi connectivity index (χ4v) is 3.37. The maximum absolute atomic E-state index is 12.1. The predicted molar refractivity (Wildman–Crippen MR) is 150 cm³/mol. The standard InChI is InChI=1S/C28H43N5O6/c1-21(29-3)18-25(35)19-23-9-11-24(12-10-23)33-27(37)20-26(36)30-15-17-39-16-7-14-32-28(38)31-13-6-4-5-8-22(2)34/h9-12,18,29H,4-8,13-17,19-20H2,1-3H3,(H,30,36)(H,33,37)(H2,31,32,38)/b21-18-. The van der Waals surface area contributed by atoms with Crippen LogP contribution in [-0.2, 0) is 30.3 Å². The molecule has 1 rings (SSSR count). The molecule has 0 aliphatic carbocycles. The number of hydrogen-bond acceptors (Lipinski definition) is 7.